The Hall–Kier alpha value is -3.15. The Morgan fingerprint density at radius 3 is 2.50 bits per heavy atom. The molecule has 1 heterocycles. The molecule has 1 amide bonds. The molecular weight excluding hydrogens is 304 g/mol. The summed E-state index contributed by atoms with van der Waals surface area (Å²) < 4.78 is 5.65. The first-order valence-electron chi connectivity index (χ1n) is 7.55. The van der Waals surface area contributed by atoms with E-state index < -0.39 is 0 Å². The predicted octanol–water partition coefficient (Wildman–Crippen LogP) is 2.71. The highest BCUT2D eigenvalue weighted by Crippen LogP contribution is 2.24. The SMILES string of the molecule is CN(C)c1nc(OCC(=O)Nc2ccccc2)c2ccccc2n1. The van der Waals surface area contributed by atoms with Crippen molar-refractivity contribution < 1.29 is 9.53 Å². The van der Waals surface area contributed by atoms with E-state index in [0.29, 0.717) is 11.8 Å². The van der Waals surface area contributed by atoms with Crippen molar-refractivity contribution in [2.24, 2.45) is 0 Å². The Bertz CT molecular complexity index is 850. The first-order chi connectivity index (χ1) is 11.6. The van der Waals surface area contributed by atoms with Crippen LogP contribution in [0.25, 0.3) is 10.9 Å². The van der Waals surface area contributed by atoms with E-state index >= 15 is 0 Å². The third-order valence-corrected chi connectivity index (χ3v) is 3.35. The van der Waals surface area contributed by atoms with Gasteiger partial charge in [0.05, 0.1) is 10.9 Å². The third kappa shape index (κ3) is 3.60. The second-order valence-electron chi connectivity index (χ2n) is 5.44. The van der Waals surface area contributed by atoms with Gasteiger partial charge in [-0.1, -0.05) is 30.3 Å². The van der Waals surface area contributed by atoms with Crippen LogP contribution in [0.1, 0.15) is 0 Å². The molecule has 0 aliphatic carbocycles. The summed E-state index contributed by atoms with van der Waals surface area (Å²) in [5.41, 5.74) is 1.50. The molecule has 0 saturated heterocycles. The molecule has 24 heavy (non-hydrogen) atoms. The van der Waals surface area contributed by atoms with Crippen molar-refractivity contribution in [3.8, 4) is 5.88 Å². The molecule has 6 heteroatoms. The lowest BCUT2D eigenvalue weighted by Crippen LogP contribution is -2.21. The van der Waals surface area contributed by atoms with Crippen LogP contribution in [0.5, 0.6) is 5.88 Å². The van der Waals surface area contributed by atoms with E-state index in [1.807, 2.05) is 68.7 Å². The number of nitrogens with one attached hydrogen (secondary N) is 1. The highest BCUT2D eigenvalue weighted by Gasteiger charge is 2.11. The fourth-order valence-electron chi connectivity index (χ4n) is 2.20. The van der Waals surface area contributed by atoms with Gasteiger partial charge in [0.25, 0.3) is 5.91 Å². The van der Waals surface area contributed by atoms with Gasteiger partial charge < -0.3 is 15.0 Å². The minimum atomic E-state index is -0.240. The van der Waals surface area contributed by atoms with Crippen LogP contribution in [0.3, 0.4) is 0 Å². The summed E-state index contributed by atoms with van der Waals surface area (Å²) in [6, 6.07) is 16.8. The smallest absolute Gasteiger partial charge is 0.262 e. The predicted molar refractivity (Wildman–Crippen MR) is 94.4 cm³/mol. The van der Waals surface area contributed by atoms with Crippen LogP contribution in [0.2, 0.25) is 0 Å². The van der Waals surface area contributed by atoms with Gasteiger partial charge in [-0.25, -0.2) is 4.98 Å². The van der Waals surface area contributed by atoms with Gasteiger partial charge in [-0.2, -0.15) is 4.98 Å². The first-order valence-corrected chi connectivity index (χ1v) is 7.55. The van der Waals surface area contributed by atoms with Crippen LogP contribution < -0.4 is 15.0 Å². The monoisotopic (exact) mass is 322 g/mol. The van der Waals surface area contributed by atoms with Crippen molar-refractivity contribution in [1.82, 2.24) is 9.97 Å². The van der Waals surface area contributed by atoms with Gasteiger partial charge in [0.1, 0.15) is 0 Å². The van der Waals surface area contributed by atoms with Crippen LogP contribution in [-0.2, 0) is 4.79 Å². The topological polar surface area (TPSA) is 67.4 Å². The van der Waals surface area contributed by atoms with E-state index in [4.69, 9.17) is 4.74 Å². The maximum atomic E-state index is 12.1. The van der Waals surface area contributed by atoms with Gasteiger partial charge in [-0.15, -0.1) is 0 Å². The zero-order valence-electron chi connectivity index (χ0n) is 13.6. The van der Waals surface area contributed by atoms with Crippen molar-refractivity contribution in [2.45, 2.75) is 0 Å². The number of nitrogens with zero attached hydrogens (tertiary/aromatic N) is 3. The van der Waals surface area contributed by atoms with Gasteiger partial charge in [0.2, 0.25) is 11.8 Å². The minimum Gasteiger partial charge on any atom is -0.467 e. The number of hydrogen-bond donors (Lipinski definition) is 1. The summed E-state index contributed by atoms with van der Waals surface area (Å²) in [7, 11) is 3.71. The quantitative estimate of drug-likeness (QED) is 0.782. The number of para-hydroxylation sites is 2. The number of aromatic nitrogens is 2. The standard InChI is InChI=1S/C18H18N4O2/c1-22(2)18-20-15-11-7-6-10-14(15)17(21-18)24-12-16(23)19-13-8-4-3-5-9-13/h3-11H,12H2,1-2H3,(H,19,23). The molecule has 0 aliphatic rings. The lowest BCUT2D eigenvalue weighted by molar-refractivity contribution is -0.118. The summed E-state index contributed by atoms with van der Waals surface area (Å²) in [6.45, 7) is -0.122. The molecule has 1 N–H and O–H groups in total. The van der Waals surface area contributed by atoms with Crippen LogP contribution in [0.15, 0.2) is 54.6 Å². The van der Waals surface area contributed by atoms with Crippen LogP contribution in [0, 0.1) is 0 Å². The molecule has 2 aromatic carbocycles. The molecule has 0 fully saturated rings. The van der Waals surface area contributed by atoms with Crippen molar-refractivity contribution >= 4 is 28.4 Å². The molecule has 0 unspecified atom stereocenters. The number of benzene rings is 2. The normalized spacial score (nSPS) is 10.4. The summed E-state index contributed by atoms with van der Waals surface area (Å²) in [4.78, 5) is 22.7. The molecule has 0 radical (unpaired) electrons. The fraction of sp³-hybridized carbons (Fsp3) is 0.167. The number of ether oxygens (including phenoxy) is 1. The first kappa shape index (κ1) is 15.7. The van der Waals surface area contributed by atoms with E-state index in [0.717, 1.165) is 16.6 Å². The Morgan fingerprint density at radius 1 is 1.04 bits per heavy atom. The Labute approximate surface area is 140 Å². The van der Waals surface area contributed by atoms with E-state index in [1.54, 1.807) is 4.90 Å². The molecule has 0 bridgehead atoms. The second-order valence-corrected chi connectivity index (χ2v) is 5.44. The van der Waals surface area contributed by atoms with Crippen molar-refractivity contribution in [2.75, 3.05) is 30.9 Å². The van der Waals surface area contributed by atoms with E-state index in [-0.39, 0.29) is 12.5 Å². The summed E-state index contributed by atoms with van der Waals surface area (Å²) in [5, 5.41) is 3.55. The summed E-state index contributed by atoms with van der Waals surface area (Å²) in [6.07, 6.45) is 0. The Morgan fingerprint density at radius 2 is 1.75 bits per heavy atom. The van der Waals surface area contributed by atoms with Gasteiger partial charge in [-0.3, -0.25) is 4.79 Å². The summed E-state index contributed by atoms with van der Waals surface area (Å²) >= 11 is 0. The molecule has 1 aromatic heterocycles. The fourth-order valence-corrected chi connectivity index (χ4v) is 2.20. The minimum absolute atomic E-state index is 0.122. The Kier molecular flexibility index (Phi) is 4.56. The van der Waals surface area contributed by atoms with Gasteiger partial charge >= 0.3 is 0 Å². The number of amides is 1. The van der Waals surface area contributed by atoms with Gasteiger partial charge in [0.15, 0.2) is 6.61 Å². The maximum absolute atomic E-state index is 12.1. The van der Waals surface area contributed by atoms with Crippen LogP contribution in [0.4, 0.5) is 11.6 Å². The molecule has 122 valence electrons. The summed E-state index contributed by atoms with van der Waals surface area (Å²) in [5.74, 6) is 0.690. The number of rotatable bonds is 5. The maximum Gasteiger partial charge on any atom is 0.262 e. The van der Waals surface area contributed by atoms with Crippen molar-refractivity contribution in [1.29, 1.82) is 0 Å². The van der Waals surface area contributed by atoms with E-state index in [1.165, 1.54) is 0 Å². The zero-order valence-corrected chi connectivity index (χ0v) is 13.6. The van der Waals surface area contributed by atoms with E-state index in [9.17, 15) is 4.79 Å². The average Bonchev–Trinajstić information content (AvgIpc) is 2.60. The molecule has 0 aliphatic heterocycles. The highest BCUT2D eigenvalue weighted by atomic mass is 16.5. The lowest BCUT2D eigenvalue weighted by atomic mass is 10.2. The number of hydrogen-bond acceptors (Lipinski definition) is 5. The van der Waals surface area contributed by atoms with Crippen LogP contribution in [-0.4, -0.2) is 36.6 Å². The molecule has 0 spiro atoms. The number of anilines is 2. The third-order valence-electron chi connectivity index (χ3n) is 3.35. The van der Waals surface area contributed by atoms with Gasteiger partial charge in [0, 0.05) is 19.8 Å². The van der Waals surface area contributed by atoms with Gasteiger partial charge in [-0.05, 0) is 24.3 Å². The van der Waals surface area contributed by atoms with E-state index in [2.05, 4.69) is 15.3 Å². The largest absolute Gasteiger partial charge is 0.467 e. The number of fused-ring (bicyclic) bond motifs is 1. The second kappa shape index (κ2) is 6.95. The lowest BCUT2D eigenvalue weighted by Gasteiger charge is -2.14. The molecule has 3 rings (SSSR count). The molecule has 0 saturated carbocycles. The molecule has 3 aromatic rings. The molecule has 0 atom stereocenters. The zero-order chi connectivity index (χ0) is 16.9. The number of carbonyl (C=O) groups is 1. The molecule has 6 nitrogen and oxygen atoms in total. The average molecular weight is 322 g/mol. The number of carbonyl (C=O) groups excluding carboxylic acids is 1. The Balaban J connectivity index is 1.78. The van der Waals surface area contributed by atoms with Crippen molar-refractivity contribution in [3.05, 3.63) is 54.6 Å². The van der Waals surface area contributed by atoms with Crippen molar-refractivity contribution in [3.63, 3.8) is 0 Å². The molecular formula is C18H18N4O2. The highest BCUT2D eigenvalue weighted by molar-refractivity contribution is 5.92. The van der Waals surface area contributed by atoms with Crippen LogP contribution >= 0.6 is 0 Å².